The first kappa shape index (κ1) is 11.9. The summed E-state index contributed by atoms with van der Waals surface area (Å²) in [5.41, 5.74) is 7.89. The van der Waals surface area contributed by atoms with Gasteiger partial charge >= 0.3 is 0 Å². The Morgan fingerprint density at radius 1 is 1.37 bits per heavy atom. The number of hydrogen-bond acceptors (Lipinski definition) is 4. The van der Waals surface area contributed by atoms with Gasteiger partial charge in [-0.2, -0.15) is 4.98 Å². The van der Waals surface area contributed by atoms with Crippen LogP contribution < -0.4 is 10.6 Å². The molecule has 1 fully saturated rings. The van der Waals surface area contributed by atoms with Gasteiger partial charge in [-0.25, -0.2) is 0 Å². The first-order valence-electron chi connectivity index (χ1n) is 6.19. The largest absolute Gasteiger partial charge is 0.326 e. The van der Waals surface area contributed by atoms with Gasteiger partial charge in [-0.15, -0.1) is 5.10 Å². The zero-order valence-electron chi connectivity index (χ0n) is 10.6. The number of rotatable bonds is 2. The van der Waals surface area contributed by atoms with Gasteiger partial charge in [-0.3, -0.25) is 14.8 Å². The molecule has 0 saturated carbocycles. The van der Waals surface area contributed by atoms with E-state index >= 15 is 0 Å². The van der Waals surface area contributed by atoms with E-state index in [-0.39, 0.29) is 11.9 Å². The minimum atomic E-state index is -0.131. The van der Waals surface area contributed by atoms with Gasteiger partial charge < -0.3 is 5.73 Å². The summed E-state index contributed by atoms with van der Waals surface area (Å²) in [4.78, 5) is 17.6. The lowest BCUT2D eigenvalue weighted by Crippen LogP contribution is -2.28. The molecule has 2 heterocycles. The van der Waals surface area contributed by atoms with Crippen molar-refractivity contribution < 1.29 is 4.79 Å². The second-order valence-corrected chi connectivity index (χ2v) is 4.82. The quantitative estimate of drug-likeness (QED) is 0.834. The van der Waals surface area contributed by atoms with Crippen LogP contribution in [0.15, 0.2) is 24.3 Å². The number of benzene rings is 1. The van der Waals surface area contributed by atoms with Crippen LogP contribution in [-0.2, 0) is 4.79 Å². The van der Waals surface area contributed by atoms with E-state index in [1.54, 1.807) is 0 Å². The number of H-pyrrole nitrogens is 1. The molecule has 1 unspecified atom stereocenters. The Morgan fingerprint density at radius 3 is 2.74 bits per heavy atom. The zero-order valence-corrected chi connectivity index (χ0v) is 10.6. The maximum Gasteiger partial charge on any atom is 0.251 e. The summed E-state index contributed by atoms with van der Waals surface area (Å²) in [6.07, 6.45) is 0.356. The van der Waals surface area contributed by atoms with Crippen LogP contribution in [0, 0.1) is 6.92 Å². The average molecular weight is 257 g/mol. The van der Waals surface area contributed by atoms with Crippen LogP contribution in [0.1, 0.15) is 12.0 Å². The smallest absolute Gasteiger partial charge is 0.251 e. The molecule has 2 aromatic rings. The third-order valence-electron chi connectivity index (χ3n) is 3.19. The van der Waals surface area contributed by atoms with Gasteiger partial charge in [-0.05, 0) is 6.92 Å². The lowest BCUT2D eigenvalue weighted by Gasteiger charge is -2.09. The van der Waals surface area contributed by atoms with Crippen molar-refractivity contribution in [1.82, 2.24) is 15.2 Å². The Balaban J connectivity index is 1.87. The van der Waals surface area contributed by atoms with E-state index in [1.807, 2.05) is 31.2 Å². The lowest BCUT2D eigenvalue weighted by atomic mass is 10.1. The zero-order chi connectivity index (χ0) is 13.4. The van der Waals surface area contributed by atoms with Crippen LogP contribution in [0.3, 0.4) is 0 Å². The monoisotopic (exact) mass is 257 g/mol. The average Bonchev–Trinajstić information content (AvgIpc) is 2.97. The van der Waals surface area contributed by atoms with E-state index in [1.165, 1.54) is 10.5 Å². The van der Waals surface area contributed by atoms with E-state index in [9.17, 15) is 4.79 Å². The first-order chi connectivity index (χ1) is 9.13. The fourth-order valence-corrected chi connectivity index (χ4v) is 2.14. The highest BCUT2D eigenvalue weighted by Crippen LogP contribution is 2.21. The van der Waals surface area contributed by atoms with Gasteiger partial charge in [0.2, 0.25) is 5.91 Å². The molecule has 1 amide bonds. The minimum absolute atomic E-state index is 0.0260. The second-order valence-electron chi connectivity index (χ2n) is 4.82. The normalized spacial score (nSPS) is 19.2. The summed E-state index contributed by atoms with van der Waals surface area (Å²) in [5.74, 6) is 1.03. The van der Waals surface area contributed by atoms with Crippen molar-refractivity contribution in [3.8, 4) is 11.4 Å². The van der Waals surface area contributed by atoms with Crippen LogP contribution >= 0.6 is 0 Å². The molecule has 0 radical (unpaired) electrons. The molecule has 3 N–H and O–H groups in total. The van der Waals surface area contributed by atoms with Crippen molar-refractivity contribution in [2.75, 3.05) is 11.4 Å². The highest BCUT2D eigenvalue weighted by atomic mass is 16.2. The molecule has 1 aliphatic heterocycles. The maximum absolute atomic E-state index is 11.7. The van der Waals surface area contributed by atoms with E-state index in [2.05, 4.69) is 15.2 Å². The Hall–Kier alpha value is -2.21. The van der Waals surface area contributed by atoms with E-state index in [0.717, 1.165) is 5.56 Å². The Morgan fingerprint density at radius 2 is 2.11 bits per heavy atom. The molecule has 6 nitrogen and oxygen atoms in total. The van der Waals surface area contributed by atoms with Crippen molar-refractivity contribution >= 4 is 11.9 Å². The molecular weight excluding hydrogens is 242 g/mol. The fraction of sp³-hybridized carbons (Fsp3) is 0.308. The molecule has 3 rings (SSSR count). The Kier molecular flexibility index (Phi) is 2.79. The van der Waals surface area contributed by atoms with Crippen LogP contribution in [-0.4, -0.2) is 33.7 Å². The van der Waals surface area contributed by atoms with Crippen LogP contribution in [0.25, 0.3) is 11.4 Å². The van der Waals surface area contributed by atoms with Crippen molar-refractivity contribution in [2.24, 2.45) is 5.73 Å². The molecule has 19 heavy (non-hydrogen) atoms. The Labute approximate surface area is 110 Å². The number of nitrogens with two attached hydrogens (primary N) is 1. The number of carbonyl (C=O) groups excluding carboxylic acids is 1. The van der Waals surface area contributed by atoms with Crippen LogP contribution in [0.2, 0.25) is 0 Å². The van der Waals surface area contributed by atoms with E-state index in [0.29, 0.717) is 24.7 Å². The van der Waals surface area contributed by atoms with Crippen LogP contribution in [0.5, 0.6) is 0 Å². The highest BCUT2D eigenvalue weighted by Gasteiger charge is 2.30. The third kappa shape index (κ3) is 2.22. The summed E-state index contributed by atoms with van der Waals surface area (Å²) in [6, 6.07) is 7.82. The van der Waals surface area contributed by atoms with Crippen molar-refractivity contribution in [1.29, 1.82) is 0 Å². The number of aromatic amines is 1. The van der Waals surface area contributed by atoms with Gasteiger partial charge in [0.15, 0.2) is 5.82 Å². The van der Waals surface area contributed by atoms with E-state index < -0.39 is 0 Å². The summed E-state index contributed by atoms with van der Waals surface area (Å²) < 4.78 is 0. The predicted molar refractivity (Wildman–Crippen MR) is 71.5 cm³/mol. The number of nitrogens with zero attached hydrogens (tertiary/aromatic N) is 3. The molecule has 1 aliphatic rings. The lowest BCUT2D eigenvalue weighted by molar-refractivity contribution is -0.117. The number of amides is 1. The highest BCUT2D eigenvalue weighted by molar-refractivity contribution is 5.94. The molecule has 1 atom stereocenters. The van der Waals surface area contributed by atoms with Gasteiger partial charge in [0, 0.05) is 24.6 Å². The third-order valence-corrected chi connectivity index (χ3v) is 3.19. The first-order valence-corrected chi connectivity index (χ1v) is 6.19. The number of aryl methyl sites for hydroxylation is 1. The number of nitrogens with one attached hydrogen (secondary N) is 1. The van der Waals surface area contributed by atoms with Crippen LogP contribution in [0.4, 0.5) is 5.95 Å². The molecule has 6 heteroatoms. The summed E-state index contributed by atoms with van der Waals surface area (Å²) >= 11 is 0. The van der Waals surface area contributed by atoms with Gasteiger partial charge in [0.05, 0.1) is 0 Å². The minimum Gasteiger partial charge on any atom is -0.326 e. The Bertz CT molecular complexity index is 604. The molecule has 1 aromatic carbocycles. The molecular formula is C13H15N5O. The molecule has 0 bridgehead atoms. The molecule has 0 aliphatic carbocycles. The molecule has 98 valence electrons. The fourth-order valence-electron chi connectivity index (χ4n) is 2.14. The maximum atomic E-state index is 11.7. The van der Waals surface area contributed by atoms with Crippen molar-refractivity contribution in [3.63, 3.8) is 0 Å². The van der Waals surface area contributed by atoms with Crippen molar-refractivity contribution in [3.05, 3.63) is 29.8 Å². The molecule has 1 saturated heterocycles. The number of hydrogen-bond donors (Lipinski definition) is 2. The standard InChI is InChI=1S/C13H15N5O/c1-8-2-4-9(5-3-8)12-15-13(17-16-12)18-7-10(14)6-11(18)19/h2-5,10H,6-7,14H2,1H3,(H,15,16,17). The molecule has 0 spiro atoms. The number of carbonyl (C=O) groups is 1. The topological polar surface area (TPSA) is 87.9 Å². The number of aromatic nitrogens is 3. The summed E-state index contributed by atoms with van der Waals surface area (Å²) in [6.45, 7) is 2.50. The predicted octanol–water partition coefficient (Wildman–Crippen LogP) is 0.844. The summed E-state index contributed by atoms with van der Waals surface area (Å²) in [5, 5.41) is 6.95. The van der Waals surface area contributed by atoms with Gasteiger partial charge in [-0.1, -0.05) is 29.8 Å². The van der Waals surface area contributed by atoms with E-state index in [4.69, 9.17) is 5.73 Å². The van der Waals surface area contributed by atoms with Gasteiger partial charge in [0.1, 0.15) is 0 Å². The number of anilines is 1. The SMILES string of the molecule is Cc1ccc(-c2nc(N3CC(N)CC3=O)n[nH]2)cc1. The molecule has 1 aromatic heterocycles. The second kappa shape index (κ2) is 4.47. The van der Waals surface area contributed by atoms with Crippen molar-refractivity contribution in [2.45, 2.75) is 19.4 Å². The van der Waals surface area contributed by atoms with Gasteiger partial charge in [0.25, 0.3) is 5.95 Å². The summed E-state index contributed by atoms with van der Waals surface area (Å²) in [7, 11) is 0.